The molecular formula is C25H26Cl2F3N3O2. The van der Waals surface area contributed by atoms with Gasteiger partial charge in [-0.2, -0.15) is 13.2 Å². The number of H-pyrrole nitrogens is 1. The van der Waals surface area contributed by atoms with Crippen LogP contribution in [-0.4, -0.2) is 50.6 Å². The molecule has 188 valence electrons. The zero-order chi connectivity index (χ0) is 25.8. The van der Waals surface area contributed by atoms with Crippen LogP contribution in [0.4, 0.5) is 13.2 Å². The highest BCUT2D eigenvalue weighted by atomic mass is 35.5. The molecule has 0 spiro atoms. The van der Waals surface area contributed by atoms with Gasteiger partial charge in [-0.3, -0.25) is 9.59 Å². The van der Waals surface area contributed by atoms with Gasteiger partial charge in [-0.25, -0.2) is 0 Å². The number of alkyl halides is 5. The van der Waals surface area contributed by atoms with Crippen LogP contribution in [0, 0.1) is 0 Å². The fourth-order valence-electron chi connectivity index (χ4n) is 3.79. The number of hydrogen-bond donors (Lipinski definition) is 1. The van der Waals surface area contributed by atoms with E-state index in [1.165, 1.54) is 21.9 Å². The lowest BCUT2D eigenvalue weighted by Gasteiger charge is -2.30. The SMILES string of the molecule is CC(C)N(CC(=O)N(CCc1c[nH]c2ccccc12)Cc1ccc(C(F)(F)F)cc1)C(=O)C(Cl)Cl. The van der Waals surface area contributed by atoms with E-state index in [0.717, 1.165) is 28.6 Å². The van der Waals surface area contributed by atoms with E-state index in [9.17, 15) is 22.8 Å². The van der Waals surface area contributed by atoms with Gasteiger partial charge in [-0.15, -0.1) is 0 Å². The molecule has 0 aliphatic rings. The molecule has 10 heteroatoms. The number of benzene rings is 2. The Kier molecular flexibility index (Phi) is 8.72. The van der Waals surface area contributed by atoms with Crippen molar-refractivity contribution < 1.29 is 22.8 Å². The van der Waals surface area contributed by atoms with Crippen LogP contribution in [0.25, 0.3) is 10.9 Å². The molecule has 1 N–H and O–H groups in total. The Morgan fingerprint density at radius 1 is 1.03 bits per heavy atom. The quantitative estimate of drug-likeness (QED) is 0.357. The molecule has 3 aromatic rings. The minimum absolute atomic E-state index is 0.0879. The number of carbonyl (C=O) groups is 2. The second-order valence-corrected chi connectivity index (χ2v) is 9.58. The fourth-order valence-corrected chi connectivity index (χ4v) is 4.04. The number of amides is 2. The standard InChI is InChI=1S/C25H26Cl2F3N3O2/c1-16(2)33(24(35)23(26)27)15-22(34)32(14-17-7-9-19(10-8-17)25(28,29)30)12-11-18-13-31-21-6-4-3-5-20(18)21/h3-10,13,16,23,31H,11-12,14-15H2,1-2H3. The number of rotatable bonds is 9. The Morgan fingerprint density at radius 3 is 2.29 bits per heavy atom. The van der Waals surface area contributed by atoms with Crippen molar-refractivity contribution in [3.8, 4) is 0 Å². The van der Waals surface area contributed by atoms with Crippen LogP contribution in [0.1, 0.15) is 30.5 Å². The Morgan fingerprint density at radius 2 is 1.69 bits per heavy atom. The number of aromatic nitrogens is 1. The Bertz CT molecular complexity index is 1160. The summed E-state index contributed by atoms with van der Waals surface area (Å²) in [6.45, 7) is 3.62. The van der Waals surface area contributed by atoms with Crippen LogP contribution in [0.5, 0.6) is 0 Å². The first-order valence-electron chi connectivity index (χ1n) is 11.0. The molecule has 0 radical (unpaired) electrons. The molecule has 2 amide bonds. The van der Waals surface area contributed by atoms with Crippen molar-refractivity contribution in [3.05, 3.63) is 71.4 Å². The van der Waals surface area contributed by atoms with E-state index in [0.29, 0.717) is 18.5 Å². The molecule has 2 aromatic carbocycles. The summed E-state index contributed by atoms with van der Waals surface area (Å²) in [5.41, 5.74) is 1.75. The Labute approximate surface area is 211 Å². The van der Waals surface area contributed by atoms with E-state index in [-0.39, 0.29) is 25.0 Å². The molecule has 0 bridgehead atoms. The molecule has 35 heavy (non-hydrogen) atoms. The number of aromatic amines is 1. The maximum Gasteiger partial charge on any atom is 0.416 e. The first-order valence-corrected chi connectivity index (χ1v) is 11.9. The molecular weight excluding hydrogens is 502 g/mol. The maximum atomic E-state index is 13.3. The lowest BCUT2D eigenvalue weighted by Crippen LogP contribution is -2.47. The van der Waals surface area contributed by atoms with Crippen LogP contribution in [-0.2, 0) is 28.7 Å². The normalized spacial score (nSPS) is 11.9. The molecule has 0 saturated heterocycles. The average Bonchev–Trinajstić information content (AvgIpc) is 3.22. The number of nitrogens with one attached hydrogen (secondary N) is 1. The zero-order valence-electron chi connectivity index (χ0n) is 19.3. The van der Waals surface area contributed by atoms with E-state index >= 15 is 0 Å². The number of hydrogen-bond acceptors (Lipinski definition) is 2. The van der Waals surface area contributed by atoms with Gasteiger partial charge in [0, 0.05) is 36.2 Å². The summed E-state index contributed by atoms with van der Waals surface area (Å²) in [4.78, 5) is 30.4. The minimum atomic E-state index is -4.44. The second-order valence-electron chi connectivity index (χ2n) is 8.48. The minimum Gasteiger partial charge on any atom is -0.361 e. The largest absolute Gasteiger partial charge is 0.416 e. The second kappa shape index (κ2) is 11.4. The van der Waals surface area contributed by atoms with Crippen LogP contribution in [0.3, 0.4) is 0 Å². The van der Waals surface area contributed by atoms with E-state index < -0.39 is 22.5 Å². The van der Waals surface area contributed by atoms with Gasteiger partial charge in [-0.1, -0.05) is 53.5 Å². The van der Waals surface area contributed by atoms with Crippen LogP contribution >= 0.6 is 23.2 Å². The van der Waals surface area contributed by atoms with Crippen molar-refractivity contribution in [1.29, 1.82) is 0 Å². The van der Waals surface area contributed by atoms with Crippen molar-refractivity contribution in [2.45, 2.75) is 43.9 Å². The molecule has 0 atom stereocenters. The highest BCUT2D eigenvalue weighted by molar-refractivity contribution is 6.53. The average molecular weight is 528 g/mol. The van der Waals surface area contributed by atoms with Gasteiger partial charge >= 0.3 is 6.18 Å². The topological polar surface area (TPSA) is 56.4 Å². The van der Waals surface area contributed by atoms with Gasteiger partial charge in [-0.05, 0) is 49.6 Å². The number of fused-ring (bicyclic) bond motifs is 1. The summed E-state index contributed by atoms with van der Waals surface area (Å²) in [7, 11) is 0. The highest BCUT2D eigenvalue weighted by Gasteiger charge is 2.30. The number of halogens is 5. The summed E-state index contributed by atoms with van der Waals surface area (Å²) in [6, 6.07) is 12.1. The summed E-state index contributed by atoms with van der Waals surface area (Å²) in [5, 5.41) is 1.03. The lowest BCUT2D eigenvalue weighted by molar-refractivity contribution is -0.141. The van der Waals surface area contributed by atoms with E-state index in [4.69, 9.17) is 23.2 Å². The van der Waals surface area contributed by atoms with Crippen molar-refractivity contribution in [1.82, 2.24) is 14.8 Å². The van der Waals surface area contributed by atoms with Crippen molar-refractivity contribution in [3.63, 3.8) is 0 Å². The first-order chi connectivity index (χ1) is 16.5. The van der Waals surface area contributed by atoms with Crippen molar-refractivity contribution in [2.24, 2.45) is 0 Å². The monoisotopic (exact) mass is 527 g/mol. The third-order valence-electron chi connectivity index (χ3n) is 5.73. The van der Waals surface area contributed by atoms with Crippen molar-refractivity contribution >= 4 is 45.9 Å². The third kappa shape index (κ3) is 6.92. The van der Waals surface area contributed by atoms with Crippen molar-refractivity contribution in [2.75, 3.05) is 13.1 Å². The van der Waals surface area contributed by atoms with Gasteiger partial charge in [0.2, 0.25) is 5.91 Å². The molecule has 0 fully saturated rings. The smallest absolute Gasteiger partial charge is 0.361 e. The molecule has 0 aliphatic carbocycles. The molecule has 0 unspecified atom stereocenters. The molecule has 3 rings (SSSR count). The summed E-state index contributed by atoms with van der Waals surface area (Å²) in [6.07, 6.45) is -2.05. The predicted octanol–water partition coefficient (Wildman–Crippen LogP) is 5.80. The van der Waals surface area contributed by atoms with Crippen LogP contribution < -0.4 is 0 Å². The molecule has 5 nitrogen and oxygen atoms in total. The maximum absolute atomic E-state index is 13.3. The van der Waals surface area contributed by atoms with Crippen LogP contribution in [0.2, 0.25) is 0 Å². The number of para-hydroxylation sites is 1. The summed E-state index contributed by atoms with van der Waals surface area (Å²) in [5.74, 6) is -0.941. The van der Waals surface area contributed by atoms with Gasteiger partial charge in [0.25, 0.3) is 5.91 Å². The van der Waals surface area contributed by atoms with Gasteiger partial charge < -0.3 is 14.8 Å². The van der Waals surface area contributed by atoms with E-state index in [1.54, 1.807) is 13.8 Å². The highest BCUT2D eigenvalue weighted by Crippen LogP contribution is 2.29. The van der Waals surface area contributed by atoms with Gasteiger partial charge in [0.05, 0.1) is 5.56 Å². The fraction of sp³-hybridized carbons (Fsp3) is 0.360. The van der Waals surface area contributed by atoms with E-state index in [2.05, 4.69) is 4.98 Å². The molecule has 0 saturated carbocycles. The summed E-state index contributed by atoms with van der Waals surface area (Å²) < 4.78 is 38.8. The number of nitrogens with zero attached hydrogens (tertiary/aromatic N) is 2. The Hall–Kier alpha value is -2.71. The lowest BCUT2D eigenvalue weighted by atomic mass is 10.1. The molecule has 1 heterocycles. The van der Waals surface area contributed by atoms with Crippen LogP contribution in [0.15, 0.2) is 54.7 Å². The van der Waals surface area contributed by atoms with Gasteiger partial charge in [0.1, 0.15) is 6.54 Å². The van der Waals surface area contributed by atoms with Gasteiger partial charge in [0.15, 0.2) is 4.84 Å². The number of carbonyl (C=O) groups excluding carboxylic acids is 2. The molecule has 1 aromatic heterocycles. The van der Waals surface area contributed by atoms with E-state index in [1.807, 2.05) is 30.5 Å². The zero-order valence-corrected chi connectivity index (χ0v) is 20.8. The molecule has 0 aliphatic heterocycles. The predicted molar refractivity (Wildman–Crippen MR) is 131 cm³/mol. The first kappa shape index (κ1) is 26.9. The Balaban J connectivity index is 1.82. The third-order valence-corrected chi connectivity index (χ3v) is 6.11. The summed E-state index contributed by atoms with van der Waals surface area (Å²) >= 11 is 11.5.